The van der Waals surface area contributed by atoms with Gasteiger partial charge in [-0.25, -0.2) is 0 Å². The lowest BCUT2D eigenvalue weighted by Gasteiger charge is -2.65. The van der Waals surface area contributed by atoms with Gasteiger partial charge in [0.2, 0.25) is 0 Å². The summed E-state index contributed by atoms with van der Waals surface area (Å²) in [4.78, 5) is 0. The van der Waals surface area contributed by atoms with Crippen molar-refractivity contribution in [1.82, 2.24) is 0 Å². The molecule has 68 valence electrons. The lowest BCUT2D eigenvalue weighted by molar-refractivity contribution is -0.229. The molecule has 12 heavy (non-hydrogen) atoms. The molecule has 3 atom stereocenters. The zero-order valence-electron chi connectivity index (χ0n) is 7.46. The van der Waals surface area contributed by atoms with Crippen LogP contribution < -0.4 is 5.73 Å². The second-order valence-corrected chi connectivity index (χ2v) is 4.71. The third-order valence-corrected chi connectivity index (χ3v) is 4.34. The minimum absolute atomic E-state index is 0.449. The summed E-state index contributed by atoms with van der Waals surface area (Å²) in [7, 11) is 0. The quantitative estimate of drug-likeness (QED) is 0.590. The van der Waals surface area contributed by atoms with Gasteiger partial charge in [0.25, 0.3) is 0 Å². The molecule has 2 heteroatoms. The van der Waals surface area contributed by atoms with Gasteiger partial charge >= 0.3 is 0 Å². The van der Waals surface area contributed by atoms with Crippen molar-refractivity contribution in [2.75, 3.05) is 6.61 Å². The van der Waals surface area contributed by atoms with Crippen LogP contribution in [0.25, 0.3) is 0 Å². The standard InChI is InChI=1S/C10H17NO/c11-8-7-3-1-6-12-9(7)10(8)4-2-5-10/h7-9H,1-6,11H2/t7-,8-,9+/m1/s1. The molecule has 1 saturated heterocycles. The Bertz CT molecular complexity index is 200. The summed E-state index contributed by atoms with van der Waals surface area (Å²) >= 11 is 0. The van der Waals surface area contributed by atoms with Gasteiger partial charge in [-0.2, -0.15) is 0 Å². The van der Waals surface area contributed by atoms with E-state index >= 15 is 0 Å². The molecule has 2 aliphatic carbocycles. The summed E-state index contributed by atoms with van der Waals surface area (Å²) < 4.78 is 5.83. The summed E-state index contributed by atoms with van der Waals surface area (Å²) in [6.07, 6.45) is 7.12. The van der Waals surface area contributed by atoms with Crippen LogP contribution in [0.3, 0.4) is 0 Å². The summed E-state index contributed by atoms with van der Waals surface area (Å²) in [5, 5.41) is 0. The van der Waals surface area contributed by atoms with Crippen LogP contribution in [0.2, 0.25) is 0 Å². The van der Waals surface area contributed by atoms with Crippen LogP contribution in [-0.4, -0.2) is 18.8 Å². The van der Waals surface area contributed by atoms with Crippen molar-refractivity contribution in [2.24, 2.45) is 17.1 Å². The van der Waals surface area contributed by atoms with Crippen molar-refractivity contribution in [3.05, 3.63) is 0 Å². The third kappa shape index (κ3) is 0.647. The molecule has 1 spiro atoms. The zero-order chi connectivity index (χ0) is 8.18. The van der Waals surface area contributed by atoms with Gasteiger partial charge in [0.05, 0.1) is 6.10 Å². The molecule has 2 saturated carbocycles. The van der Waals surface area contributed by atoms with E-state index < -0.39 is 0 Å². The lowest BCUT2D eigenvalue weighted by atomic mass is 9.45. The number of hydrogen-bond acceptors (Lipinski definition) is 2. The van der Waals surface area contributed by atoms with Crippen LogP contribution in [0.15, 0.2) is 0 Å². The predicted octanol–water partition coefficient (Wildman–Crippen LogP) is 1.29. The first-order valence-electron chi connectivity index (χ1n) is 5.22. The molecule has 0 aromatic heterocycles. The smallest absolute Gasteiger partial charge is 0.0689 e. The molecule has 0 aromatic carbocycles. The van der Waals surface area contributed by atoms with Gasteiger partial charge in [0.15, 0.2) is 0 Å². The molecule has 2 N–H and O–H groups in total. The largest absolute Gasteiger partial charge is 0.377 e. The molecule has 1 aliphatic heterocycles. The second-order valence-electron chi connectivity index (χ2n) is 4.71. The molecule has 0 bridgehead atoms. The number of nitrogens with two attached hydrogens (primary N) is 1. The Morgan fingerprint density at radius 3 is 2.75 bits per heavy atom. The highest BCUT2D eigenvalue weighted by Gasteiger charge is 2.63. The molecule has 1 heterocycles. The highest BCUT2D eigenvalue weighted by Crippen LogP contribution is 2.61. The molecular weight excluding hydrogens is 150 g/mol. The summed E-state index contributed by atoms with van der Waals surface area (Å²) in [5.74, 6) is 0.707. The Labute approximate surface area is 73.5 Å². The molecule has 2 nitrogen and oxygen atoms in total. The number of fused-ring (bicyclic) bond motifs is 2. The van der Waals surface area contributed by atoms with E-state index in [-0.39, 0.29) is 0 Å². The molecule has 0 aromatic rings. The summed E-state index contributed by atoms with van der Waals surface area (Å²) in [6.45, 7) is 0.982. The Hall–Kier alpha value is -0.0800. The normalized spacial score (nSPS) is 49.2. The second kappa shape index (κ2) is 2.24. The van der Waals surface area contributed by atoms with Crippen LogP contribution in [0.5, 0.6) is 0 Å². The van der Waals surface area contributed by atoms with Gasteiger partial charge in [0, 0.05) is 24.0 Å². The highest BCUT2D eigenvalue weighted by molar-refractivity contribution is 5.16. The fourth-order valence-corrected chi connectivity index (χ4v) is 3.46. The van der Waals surface area contributed by atoms with Crippen LogP contribution in [0.1, 0.15) is 32.1 Å². The van der Waals surface area contributed by atoms with Crippen LogP contribution in [-0.2, 0) is 4.74 Å². The van der Waals surface area contributed by atoms with Crippen molar-refractivity contribution >= 4 is 0 Å². The fraction of sp³-hybridized carbons (Fsp3) is 1.00. The van der Waals surface area contributed by atoms with Gasteiger partial charge in [-0.15, -0.1) is 0 Å². The van der Waals surface area contributed by atoms with E-state index in [0.717, 1.165) is 6.61 Å². The average molecular weight is 167 g/mol. The summed E-state index contributed by atoms with van der Waals surface area (Å²) in [6, 6.07) is 0.469. The third-order valence-electron chi connectivity index (χ3n) is 4.34. The van der Waals surface area contributed by atoms with Crippen molar-refractivity contribution in [1.29, 1.82) is 0 Å². The van der Waals surface area contributed by atoms with E-state index in [1.807, 2.05) is 0 Å². The Morgan fingerprint density at radius 1 is 1.25 bits per heavy atom. The maximum absolute atomic E-state index is 6.19. The Morgan fingerprint density at radius 2 is 2.08 bits per heavy atom. The first-order chi connectivity index (χ1) is 5.84. The molecule has 3 aliphatic rings. The average Bonchev–Trinajstić information content (AvgIpc) is 2.01. The van der Waals surface area contributed by atoms with Gasteiger partial charge in [-0.3, -0.25) is 0 Å². The van der Waals surface area contributed by atoms with E-state index in [0.29, 0.717) is 23.5 Å². The maximum Gasteiger partial charge on any atom is 0.0689 e. The van der Waals surface area contributed by atoms with E-state index in [4.69, 9.17) is 10.5 Å². The van der Waals surface area contributed by atoms with Gasteiger partial charge < -0.3 is 10.5 Å². The highest BCUT2D eigenvalue weighted by atomic mass is 16.5. The van der Waals surface area contributed by atoms with Gasteiger partial charge in [0.1, 0.15) is 0 Å². The minimum atomic E-state index is 0.449. The Kier molecular flexibility index (Phi) is 1.37. The maximum atomic E-state index is 6.19. The number of hydrogen-bond donors (Lipinski definition) is 1. The molecule has 0 amide bonds. The SMILES string of the molecule is N[C@@H]1[C@H]2CCCO[C@@H]2C12CCC2. The van der Waals surface area contributed by atoms with Crippen LogP contribution in [0, 0.1) is 11.3 Å². The number of rotatable bonds is 0. The van der Waals surface area contributed by atoms with Crippen molar-refractivity contribution in [3.8, 4) is 0 Å². The fourth-order valence-electron chi connectivity index (χ4n) is 3.46. The topological polar surface area (TPSA) is 35.2 Å². The Balaban J connectivity index is 1.80. The lowest BCUT2D eigenvalue weighted by Crippen LogP contribution is -2.72. The molecule has 3 fully saturated rings. The van der Waals surface area contributed by atoms with Crippen molar-refractivity contribution < 1.29 is 4.74 Å². The monoisotopic (exact) mass is 167 g/mol. The number of ether oxygens (including phenoxy) is 1. The summed E-state index contributed by atoms with van der Waals surface area (Å²) in [5.41, 5.74) is 6.64. The van der Waals surface area contributed by atoms with Crippen molar-refractivity contribution in [2.45, 2.75) is 44.2 Å². The van der Waals surface area contributed by atoms with Crippen LogP contribution in [0.4, 0.5) is 0 Å². The molecule has 0 radical (unpaired) electrons. The van der Waals surface area contributed by atoms with Gasteiger partial charge in [-0.1, -0.05) is 6.42 Å². The van der Waals surface area contributed by atoms with Crippen LogP contribution >= 0.6 is 0 Å². The minimum Gasteiger partial charge on any atom is -0.377 e. The van der Waals surface area contributed by atoms with E-state index in [1.54, 1.807) is 0 Å². The zero-order valence-corrected chi connectivity index (χ0v) is 7.46. The van der Waals surface area contributed by atoms with E-state index in [9.17, 15) is 0 Å². The predicted molar refractivity (Wildman–Crippen MR) is 46.7 cm³/mol. The van der Waals surface area contributed by atoms with Gasteiger partial charge in [-0.05, 0) is 25.7 Å². The first-order valence-corrected chi connectivity index (χ1v) is 5.22. The van der Waals surface area contributed by atoms with E-state index in [1.165, 1.54) is 32.1 Å². The van der Waals surface area contributed by atoms with E-state index in [2.05, 4.69) is 0 Å². The molecular formula is C10H17NO. The first kappa shape index (κ1) is 7.34. The molecule has 0 unspecified atom stereocenters. The molecule has 3 rings (SSSR count). The van der Waals surface area contributed by atoms with Crippen molar-refractivity contribution in [3.63, 3.8) is 0 Å².